The number of hydrogen-bond acceptors (Lipinski definition) is 4. The highest BCUT2D eigenvalue weighted by atomic mass is 16.7. The molecule has 1 aliphatic rings. The number of hydrogen-bond donors (Lipinski definition) is 1. The highest BCUT2D eigenvalue weighted by Crippen LogP contribution is 2.23. The molecule has 22 heavy (non-hydrogen) atoms. The van der Waals surface area contributed by atoms with Gasteiger partial charge in [0.15, 0.2) is 0 Å². The summed E-state index contributed by atoms with van der Waals surface area (Å²) in [5.74, 6) is -1.97. The first kappa shape index (κ1) is 14.1. The van der Waals surface area contributed by atoms with Crippen LogP contribution in [0.4, 0.5) is 0 Å². The molecule has 3 rings (SSSR count). The lowest BCUT2D eigenvalue weighted by Crippen LogP contribution is -2.32. The van der Waals surface area contributed by atoms with Gasteiger partial charge in [-0.2, -0.15) is 0 Å². The Morgan fingerprint density at radius 3 is 2.36 bits per heavy atom. The van der Waals surface area contributed by atoms with Crippen molar-refractivity contribution in [2.24, 2.45) is 0 Å². The monoisotopic (exact) mass is 298 g/mol. The number of aryl methyl sites for hydroxylation is 1. The van der Waals surface area contributed by atoms with E-state index in [0.29, 0.717) is 17.0 Å². The van der Waals surface area contributed by atoms with Gasteiger partial charge >= 0.3 is 5.97 Å². The van der Waals surface area contributed by atoms with Crippen LogP contribution in [0.1, 0.15) is 50.1 Å². The van der Waals surface area contributed by atoms with E-state index >= 15 is 0 Å². The molecule has 1 aromatic carbocycles. The number of carbonyl (C=O) groups excluding carboxylic acids is 3. The van der Waals surface area contributed by atoms with Gasteiger partial charge in [0.1, 0.15) is 0 Å². The largest absolute Gasteiger partial charge is 0.365 e. The third kappa shape index (κ3) is 2.18. The highest BCUT2D eigenvalue weighted by Gasteiger charge is 2.39. The predicted octanol–water partition coefficient (Wildman–Crippen LogP) is 2.34. The smallest absolute Gasteiger partial charge is 0.364 e. The minimum Gasteiger partial charge on any atom is -0.364 e. The van der Waals surface area contributed by atoms with Crippen molar-refractivity contribution >= 4 is 17.8 Å². The van der Waals surface area contributed by atoms with E-state index in [2.05, 4.69) is 4.98 Å². The number of benzene rings is 1. The van der Waals surface area contributed by atoms with Crippen molar-refractivity contribution < 1.29 is 19.2 Å². The Morgan fingerprint density at radius 1 is 1.14 bits per heavy atom. The zero-order chi connectivity index (χ0) is 15.7. The quantitative estimate of drug-likeness (QED) is 0.879. The lowest BCUT2D eigenvalue weighted by Gasteiger charge is -2.12. The predicted molar refractivity (Wildman–Crippen MR) is 77.1 cm³/mol. The summed E-state index contributed by atoms with van der Waals surface area (Å²) < 4.78 is 0. The number of nitrogens with one attached hydrogen (secondary N) is 1. The number of carbonyl (C=O) groups is 3. The second kappa shape index (κ2) is 5.48. The molecule has 1 aromatic heterocycles. The maximum absolute atomic E-state index is 12.2. The average molecular weight is 298 g/mol. The number of H-pyrrole nitrogens is 1. The van der Waals surface area contributed by atoms with E-state index in [4.69, 9.17) is 4.84 Å². The molecule has 2 amide bonds. The molecule has 0 saturated carbocycles. The van der Waals surface area contributed by atoms with Crippen LogP contribution in [0.2, 0.25) is 0 Å². The SMILES string of the molecule is CCCc1[nH]ccc1C(=O)ON1C(=O)c2ccccc2C1=O. The fourth-order valence-corrected chi connectivity index (χ4v) is 2.43. The Labute approximate surface area is 126 Å². The van der Waals surface area contributed by atoms with E-state index in [1.807, 2.05) is 6.92 Å². The van der Waals surface area contributed by atoms with Crippen LogP contribution in [0.25, 0.3) is 0 Å². The Balaban J connectivity index is 1.82. The molecule has 0 fully saturated rings. The summed E-state index contributed by atoms with van der Waals surface area (Å²) in [5.41, 5.74) is 1.54. The van der Waals surface area contributed by atoms with Crippen LogP contribution in [0.5, 0.6) is 0 Å². The van der Waals surface area contributed by atoms with Crippen molar-refractivity contribution in [2.75, 3.05) is 0 Å². The molecule has 112 valence electrons. The first-order valence-corrected chi connectivity index (χ1v) is 6.99. The van der Waals surface area contributed by atoms with E-state index in [0.717, 1.165) is 12.1 Å². The normalized spacial score (nSPS) is 13.4. The molecular formula is C16H14N2O4. The van der Waals surface area contributed by atoms with Gasteiger partial charge in [-0.1, -0.05) is 30.5 Å². The highest BCUT2D eigenvalue weighted by molar-refractivity contribution is 6.21. The van der Waals surface area contributed by atoms with Gasteiger partial charge in [-0.25, -0.2) is 4.79 Å². The number of aromatic nitrogens is 1. The summed E-state index contributed by atoms with van der Waals surface area (Å²) >= 11 is 0. The number of rotatable bonds is 4. The van der Waals surface area contributed by atoms with E-state index in [1.54, 1.807) is 24.4 Å². The first-order chi connectivity index (χ1) is 10.6. The van der Waals surface area contributed by atoms with Crippen LogP contribution in [0.15, 0.2) is 36.5 Å². The van der Waals surface area contributed by atoms with Crippen LogP contribution >= 0.6 is 0 Å². The van der Waals surface area contributed by atoms with Crippen LogP contribution in [-0.2, 0) is 11.3 Å². The number of nitrogens with zero attached hydrogens (tertiary/aromatic N) is 1. The van der Waals surface area contributed by atoms with E-state index in [1.165, 1.54) is 12.1 Å². The van der Waals surface area contributed by atoms with E-state index in [-0.39, 0.29) is 11.1 Å². The van der Waals surface area contributed by atoms with Crippen molar-refractivity contribution in [1.29, 1.82) is 0 Å². The van der Waals surface area contributed by atoms with Crippen molar-refractivity contribution in [3.63, 3.8) is 0 Å². The Kier molecular flexibility index (Phi) is 3.50. The maximum Gasteiger partial charge on any atom is 0.365 e. The maximum atomic E-state index is 12.2. The fraction of sp³-hybridized carbons (Fsp3) is 0.188. The molecule has 6 heteroatoms. The summed E-state index contributed by atoms with van der Waals surface area (Å²) in [6.45, 7) is 1.99. The number of hydroxylamine groups is 2. The van der Waals surface area contributed by atoms with Gasteiger partial charge in [0.2, 0.25) is 0 Å². The molecule has 0 spiro atoms. The minimum absolute atomic E-state index is 0.239. The zero-order valence-electron chi connectivity index (χ0n) is 12.0. The van der Waals surface area contributed by atoms with Gasteiger partial charge in [0, 0.05) is 11.9 Å². The van der Waals surface area contributed by atoms with E-state index < -0.39 is 17.8 Å². The van der Waals surface area contributed by atoms with Crippen LogP contribution in [0, 0.1) is 0 Å². The molecule has 6 nitrogen and oxygen atoms in total. The Hall–Kier alpha value is -2.89. The summed E-state index contributed by atoms with van der Waals surface area (Å²) in [6, 6.07) is 7.94. The summed E-state index contributed by atoms with van der Waals surface area (Å²) in [5, 5.41) is 0.524. The van der Waals surface area contributed by atoms with Crippen molar-refractivity contribution in [2.45, 2.75) is 19.8 Å². The number of amides is 2. The standard InChI is InChI=1S/C16H14N2O4/c1-2-5-13-12(8-9-17-13)16(21)22-18-14(19)10-6-3-4-7-11(10)15(18)20/h3-4,6-9,17H,2,5H2,1H3. The number of fused-ring (bicyclic) bond motifs is 1. The first-order valence-electron chi connectivity index (χ1n) is 6.99. The average Bonchev–Trinajstić information content (AvgIpc) is 3.07. The molecule has 0 saturated heterocycles. The van der Waals surface area contributed by atoms with Gasteiger partial charge in [-0.05, 0) is 24.6 Å². The Morgan fingerprint density at radius 2 is 1.77 bits per heavy atom. The van der Waals surface area contributed by atoms with Gasteiger partial charge in [0.25, 0.3) is 11.8 Å². The van der Waals surface area contributed by atoms with Crippen molar-refractivity contribution in [1.82, 2.24) is 10.0 Å². The van der Waals surface area contributed by atoms with Gasteiger partial charge in [-0.15, -0.1) is 0 Å². The molecule has 2 heterocycles. The van der Waals surface area contributed by atoms with Gasteiger partial charge in [0.05, 0.1) is 16.7 Å². The molecule has 1 N–H and O–H groups in total. The molecule has 1 aliphatic heterocycles. The fourth-order valence-electron chi connectivity index (χ4n) is 2.43. The summed E-state index contributed by atoms with van der Waals surface area (Å²) in [4.78, 5) is 44.5. The lowest BCUT2D eigenvalue weighted by molar-refractivity contribution is -0.0585. The minimum atomic E-state index is -0.723. The van der Waals surface area contributed by atoms with E-state index in [9.17, 15) is 14.4 Å². The van der Waals surface area contributed by atoms with Crippen LogP contribution in [0.3, 0.4) is 0 Å². The molecule has 0 radical (unpaired) electrons. The molecule has 0 aliphatic carbocycles. The number of aromatic amines is 1. The third-order valence-electron chi connectivity index (χ3n) is 3.48. The molecular weight excluding hydrogens is 284 g/mol. The summed E-state index contributed by atoms with van der Waals surface area (Å²) in [6.07, 6.45) is 3.16. The molecule has 0 unspecified atom stereocenters. The number of imide groups is 1. The van der Waals surface area contributed by atoms with Gasteiger partial charge < -0.3 is 9.82 Å². The second-order valence-corrected chi connectivity index (χ2v) is 4.95. The molecule has 0 bridgehead atoms. The van der Waals surface area contributed by atoms with Crippen LogP contribution < -0.4 is 0 Å². The lowest BCUT2D eigenvalue weighted by atomic mass is 10.1. The topological polar surface area (TPSA) is 79.5 Å². The van der Waals surface area contributed by atoms with Crippen molar-refractivity contribution in [3.05, 3.63) is 58.9 Å². The molecule has 0 atom stereocenters. The third-order valence-corrected chi connectivity index (χ3v) is 3.48. The summed E-state index contributed by atoms with van der Waals surface area (Å²) in [7, 11) is 0. The van der Waals surface area contributed by atoms with Crippen molar-refractivity contribution in [3.8, 4) is 0 Å². The second-order valence-electron chi connectivity index (χ2n) is 4.95. The zero-order valence-corrected chi connectivity index (χ0v) is 12.0. The van der Waals surface area contributed by atoms with Gasteiger partial charge in [-0.3, -0.25) is 9.59 Å². The Bertz CT molecular complexity index is 728. The van der Waals surface area contributed by atoms with Crippen LogP contribution in [-0.4, -0.2) is 27.8 Å². The molecule has 2 aromatic rings.